The Hall–Kier alpha value is -1.49. The Balaban J connectivity index is 2.01. The van der Waals surface area contributed by atoms with Crippen molar-refractivity contribution in [3.63, 3.8) is 0 Å². The number of fused-ring (bicyclic) bond motifs is 1. The van der Waals surface area contributed by atoms with E-state index in [1.165, 1.54) is 24.2 Å². The van der Waals surface area contributed by atoms with Gasteiger partial charge in [0.2, 0.25) is 0 Å². The second kappa shape index (κ2) is 6.32. The number of hydrogen-bond acceptors (Lipinski definition) is 4. The van der Waals surface area contributed by atoms with Gasteiger partial charge in [-0.25, -0.2) is 9.97 Å². The molecule has 3 heterocycles. The van der Waals surface area contributed by atoms with Crippen LogP contribution in [0.5, 0.6) is 0 Å². The van der Waals surface area contributed by atoms with Gasteiger partial charge in [0.15, 0.2) is 0 Å². The molecule has 0 unspecified atom stereocenters. The summed E-state index contributed by atoms with van der Waals surface area (Å²) in [5.74, 6) is 1.04. The number of thiophene rings is 1. The van der Waals surface area contributed by atoms with E-state index in [-0.39, 0.29) is 5.91 Å². The number of aromatic nitrogens is 2. The maximum atomic E-state index is 12.9. The summed E-state index contributed by atoms with van der Waals surface area (Å²) in [6, 6.07) is 0. The Bertz CT molecular complexity index is 699. The van der Waals surface area contributed by atoms with Crippen LogP contribution in [0.1, 0.15) is 59.4 Å². The van der Waals surface area contributed by atoms with Crippen molar-refractivity contribution in [1.82, 2.24) is 14.9 Å². The van der Waals surface area contributed by atoms with Crippen molar-refractivity contribution in [3.05, 3.63) is 22.0 Å². The van der Waals surface area contributed by atoms with Gasteiger partial charge in [-0.3, -0.25) is 4.79 Å². The fourth-order valence-electron chi connectivity index (χ4n) is 3.17. The Morgan fingerprint density at radius 1 is 1.14 bits per heavy atom. The lowest BCUT2D eigenvalue weighted by Crippen LogP contribution is -2.31. The van der Waals surface area contributed by atoms with Crippen LogP contribution in [-0.2, 0) is 6.42 Å². The zero-order valence-corrected chi connectivity index (χ0v) is 14.4. The standard InChI is InChI=1S/C17H23N3OS/c1-4-13-18-12(3)14-11(2)15(22-16(14)19-13)17(21)20-9-7-5-6-8-10-20/h4-10H2,1-3H3. The molecule has 0 spiro atoms. The minimum atomic E-state index is 0.180. The lowest BCUT2D eigenvalue weighted by atomic mass is 10.1. The molecule has 2 aromatic rings. The maximum Gasteiger partial charge on any atom is 0.264 e. The monoisotopic (exact) mass is 317 g/mol. The van der Waals surface area contributed by atoms with Crippen molar-refractivity contribution >= 4 is 27.5 Å². The minimum Gasteiger partial charge on any atom is -0.338 e. The molecule has 0 bridgehead atoms. The second-order valence-corrected chi connectivity index (χ2v) is 7.02. The lowest BCUT2D eigenvalue weighted by molar-refractivity contribution is 0.0766. The number of amides is 1. The van der Waals surface area contributed by atoms with E-state index in [9.17, 15) is 4.79 Å². The average Bonchev–Trinajstić information content (AvgIpc) is 2.69. The fourth-order valence-corrected chi connectivity index (χ4v) is 4.39. The van der Waals surface area contributed by atoms with Crippen molar-refractivity contribution in [2.24, 2.45) is 0 Å². The molecule has 1 fully saturated rings. The van der Waals surface area contributed by atoms with Gasteiger partial charge in [-0.05, 0) is 32.3 Å². The van der Waals surface area contributed by atoms with Crippen LogP contribution >= 0.6 is 11.3 Å². The van der Waals surface area contributed by atoms with Gasteiger partial charge in [0.25, 0.3) is 5.91 Å². The highest BCUT2D eigenvalue weighted by Gasteiger charge is 2.23. The molecule has 0 N–H and O–H groups in total. The number of nitrogens with zero attached hydrogens (tertiary/aromatic N) is 3. The van der Waals surface area contributed by atoms with Crippen LogP contribution in [0.4, 0.5) is 0 Å². The first-order valence-electron chi connectivity index (χ1n) is 8.17. The van der Waals surface area contributed by atoms with Crippen molar-refractivity contribution in [2.45, 2.75) is 52.9 Å². The Labute approximate surface area is 135 Å². The van der Waals surface area contributed by atoms with Crippen LogP contribution in [0.25, 0.3) is 10.2 Å². The molecular weight excluding hydrogens is 294 g/mol. The molecule has 22 heavy (non-hydrogen) atoms. The van der Waals surface area contributed by atoms with Crippen LogP contribution in [0, 0.1) is 13.8 Å². The molecule has 1 saturated heterocycles. The van der Waals surface area contributed by atoms with E-state index in [4.69, 9.17) is 0 Å². The molecule has 0 atom stereocenters. The number of rotatable bonds is 2. The number of carbonyl (C=O) groups excluding carboxylic acids is 1. The second-order valence-electron chi connectivity index (χ2n) is 6.02. The molecule has 1 aliphatic rings. The van der Waals surface area contributed by atoms with Crippen molar-refractivity contribution in [1.29, 1.82) is 0 Å². The normalized spacial score (nSPS) is 16.0. The van der Waals surface area contributed by atoms with Gasteiger partial charge in [0.05, 0.1) is 4.88 Å². The summed E-state index contributed by atoms with van der Waals surface area (Å²) in [5, 5.41) is 1.07. The van der Waals surface area contributed by atoms with Crippen molar-refractivity contribution in [2.75, 3.05) is 13.1 Å². The van der Waals surface area contributed by atoms with Crippen LogP contribution < -0.4 is 0 Å². The molecule has 0 saturated carbocycles. The predicted molar refractivity (Wildman–Crippen MR) is 90.6 cm³/mol. The van der Waals surface area contributed by atoms with Gasteiger partial charge in [-0.15, -0.1) is 11.3 Å². The van der Waals surface area contributed by atoms with E-state index in [2.05, 4.69) is 16.9 Å². The number of carbonyl (C=O) groups is 1. The molecule has 118 valence electrons. The topological polar surface area (TPSA) is 46.1 Å². The van der Waals surface area contributed by atoms with Crippen LogP contribution in [0.15, 0.2) is 0 Å². The highest BCUT2D eigenvalue weighted by molar-refractivity contribution is 7.20. The first kappa shape index (κ1) is 15.4. The number of aryl methyl sites for hydroxylation is 3. The molecule has 4 nitrogen and oxygen atoms in total. The van der Waals surface area contributed by atoms with E-state index in [1.54, 1.807) is 0 Å². The van der Waals surface area contributed by atoms with Gasteiger partial charge in [0.1, 0.15) is 10.7 Å². The van der Waals surface area contributed by atoms with Crippen LogP contribution in [0.3, 0.4) is 0 Å². The van der Waals surface area contributed by atoms with Crippen LogP contribution in [-0.4, -0.2) is 33.9 Å². The highest BCUT2D eigenvalue weighted by Crippen LogP contribution is 2.32. The largest absolute Gasteiger partial charge is 0.338 e. The van der Waals surface area contributed by atoms with Gasteiger partial charge in [-0.2, -0.15) is 0 Å². The highest BCUT2D eigenvalue weighted by atomic mass is 32.1. The summed E-state index contributed by atoms with van der Waals surface area (Å²) < 4.78 is 0. The average molecular weight is 317 g/mol. The quantitative estimate of drug-likeness (QED) is 0.844. The first-order valence-corrected chi connectivity index (χ1v) is 8.99. The maximum absolute atomic E-state index is 12.9. The Morgan fingerprint density at radius 3 is 2.45 bits per heavy atom. The Morgan fingerprint density at radius 2 is 1.82 bits per heavy atom. The zero-order chi connectivity index (χ0) is 15.7. The number of likely N-dealkylation sites (tertiary alicyclic amines) is 1. The van der Waals surface area contributed by atoms with Gasteiger partial charge in [-0.1, -0.05) is 19.8 Å². The minimum absolute atomic E-state index is 0.180. The zero-order valence-electron chi connectivity index (χ0n) is 13.6. The molecular formula is C17H23N3OS. The molecule has 5 heteroatoms. The summed E-state index contributed by atoms with van der Waals surface area (Å²) in [7, 11) is 0. The predicted octanol–water partition coefficient (Wildman–Crippen LogP) is 3.89. The van der Waals surface area contributed by atoms with Gasteiger partial charge < -0.3 is 4.90 Å². The lowest BCUT2D eigenvalue weighted by Gasteiger charge is -2.19. The fraction of sp³-hybridized carbons (Fsp3) is 0.588. The molecule has 0 radical (unpaired) electrons. The SMILES string of the molecule is CCc1nc(C)c2c(C)c(C(=O)N3CCCCCC3)sc2n1. The Kier molecular flexibility index (Phi) is 4.43. The third kappa shape index (κ3) is 2.74. The third-order valence-electron chi connectivity index (χ3n) is 4.42. The summed E-state index contributed by atoms with van der Waals surface area (Å²) in [6.07, 6.45) is 5.53. The molecule has 0 aliphatic carbocycles. The van der Waals surface area contributed by atoms with E-state index in [0.29, 0.717) is 0 Å². The van der Waals surface area contributed by atoms with Gasteiger partial charge >= 0.3 is 0 Å². The smallest absolute Gasteiger partial charge is 0.264 e. The third-order valence-corrected chi connectivity index (χ3v) is 5.59. The summed E-state index contributed by atoms with van der Waals surface area (Å²) >= 11 is 1.53. The van der Waals surface area contributed by atoms with Crippen molar-refractivity contribution < 1.29 is 4.79 Å². The van der Waals surface area contributed by atoms with E-state index in [0.717, 1.165) is 64.5 Å². The van der Waals surface area contributed by atoms with Gasteiger partial charge in [0, 0.05) is 30.6 Å². The van der Waals surface area contributed by atoms with E-state index < -0.39 is 0 Å². The summed E-state index contributed by atoms with van der Waals surface area (Å²) in [5.41, 5.74) is 2.04. The van der Waals surface area contributed by atoms with Crippen LogP contribution in [0.2, 0.25) is 0 Å². The molecule has 3 rings (SSSR count). The molecule has 0 aromatic carbocycles. The van der Waals surface area contributed by atoms with E-state index in [1.807, 2.05) is 18.7 Å². The molecule has 2 aromatic heterocycles. The summed E-state index contributed by atoms with van der Waals surface area (Å²) in [6.45, 7) is 7.88. The molecule has 1 aliphatic heterocycles. The number of hydrogen-bond donors (Lipinski definition) is 0. The summed E-state index contributed by atoms with van der Waals surface area (Å²) in [4.78, 5) is 25.9. The van der Waals surface area contributed by atoms with Crippen molar-refractivity contribution in [3.8, 4) is 0 Å². The van der Waals surface area contributed by atoms with E-state index >= 15 is 0 Å². The first-order chi connectivity index (χ1) is 10.6. The molecule has 1 amide bonds.